The Kier molecular flexibility index (Phi) is 6.40. The molecule has 1 aliphatic heterocycles. The van der Waals surface area contributed by atoms with Gasteiger partial charge in [-0.15, -0.1) is 0 Å². The van der Waals surface area contributed by atoms with E-state index in [-0.39, 0.29) is 11.6 Å². The van der Waals surface area contributed by atoms with E-state index in [0.717, 1.165) is 61.2 Å². The third kappa shape index (κ3) is 5.02. The molecule has 3 amide bonds. The van der Waals surface area contributed by atoms with Crippen molar-refractivity contribution in [1.29, 1.82) is 0 Å². The third-order valence-electron chi connectivity index (χ3n) is 6.08. The van der Waals surface area contributed by atoms with E-state index in [1.807, 2.05) is 24.3 Å². The predicted octanol–water partition coefficient (Wildman–Crippen LogP) is 5.20. The van der Waals surface area contributed by atoms with Crippen LogP contribution in [0.1, 0.15) is 43.2 Å². The van der Waals surface area contributed by atoms with Crippen LogP contribution in [0, 0.1) is 5.92 Å². The zero-order valence-electron chi connectivity index (χ0n) is 18.2. The maximum absolute atomic E-state index is 13.1. The smallest absolute Gasteiger partial charge is 0.311 e. The van der Waals surface area contributed by atoms with Crippen molar-refractivity contribution in [1.82, 2.24) is 5.32 Å². The zero-order chi connectivity index (χ0) is 23.6. The van der Waals surface area contributed by atoms with E-state index in [4.69, 9.17) is 0 Å². The van der Waals surface area contributed by atoms with E-state index in [1.54, 1.807) is 7.05 Å². The van der Waals surface area contributed by atoms with Crippen molar-refractivity contribution in [2.75, 3.05) is 17.3 Å². The molecule has 2 aromatic rings. The van der Waals surface area contributed by atoms with E-state index in [9.17, 15) is 22.8 Å². The second-order valence-corrected chi connectivity index (χ2v) is 8.34. The highest BCUT2D eigenvalue weighted by Crippen LogP contribution is 2.33. The maximum atomic E-state index is 13.1. The number of benzodiazepines with no additional fused rings is 1. The summed E-state index contributed by atoms with van der Waals surface area (Å²) in [7, 11) is 1.62. The fourth-order valence-electron chi connectivity index (χ4n) is 4.41. The van der Waals surface area contributed by atoms with Crippen LogP contribution in [0.3, 0.4) is 0 Å². The average Bonchev–Trinajstić information content (AvgIpc) is 2.90. The Bertz CT molecular complexity index is 1080. The fourth-order valence-corrected chi connectivity index (χ4v) is 4.41. The van der Waals surface area contributed by atoms with Gasteiger partial charge in [-0.3, -0.25) is 9.79 Å². The number of nitrogens with one attached hydrogen (secondary N) is 2. The summed E-state index contributed by atoms with van der Waals surface area (Å²) >= 11 is 0. The van der Waals surface area contributed by atoms with E-state index < -0.39 is 29.8 Å². The molecular weight excluding hydrogens is 433 g/mol. The molecule has 0 saturated heterocycles. The minimum atomic E-state index is -4.53. The van der Waals surface area contributed by atoms with Crippen LogP contribution < -0.4 is 15.5 Å². The summed E-state index contributed by atoms with van der Waals surface area (Å²) in [6.07, 6.45) is -0.509. The van der Waals surface area contributed by atoms with Gasteiger partial charge in [0.25, 0.3) is 5.91 Å². The summed E-state index contributed by atoms with van der Waals surface area (Å²) in [5.74, 6) is -0.248. The fraction of sp³-hybridized carbons (Fsp3) is 0.375. The number of benzene rings is 2. The molecule has 2 aliphatic rings. The van der Waals surface area contributed by atoms with Gasteiger partial charge in [0.2, 0.25) is 6.17 Å². The zero-order valence-corrected chi connectivity index (χ0v) is 18.2. The van der Waals surface area contributed by atoms with E-state index in [1.165, 1.54) is 17.0 Å². The number of halogens is 3. The molecular formula is C24H25F3N4O2. The molecule has 9 heteroatoms. The lowest BCUT2D eigenvalue weighted by Crippen LogP contribution is -2.47. The first-order chi connectivity index (χ1) is 15.7. The van der Waals surface area contributed by atoms with Crippen LogP contribution in [0.5, 0.6) is 0 Å². The molecule has 0 radical (unpaired) electrons. The van der Waals surface area contributed by atoms with Crippen molar-refractivity contribution in [3.8, 4) is 0 Å². The minimum absolute atomic E-state index is 0.0310. The highest BCUT2D eigenvalue weighted by Gasteiger charge is 2.34. The number of alkyl halides is 3. The van der Waals surface area contributed by atoms with Crippen molar-refractivity contribution in [2.45, 2.75) is 44.4 Å². The molecule has 174 valence electrons. The number of nitrogens with zero attached hydrogens (tertiary/aromatic N) is 2. The number of carbonyl (C=O) groups is 2. The molecule has 1 atom stereocenters. The topological polar surface area (TPSA) is 73.8 Å². The number of urea groups is 1. The van der Waals surface area contributed by atoms with E-state index in [0.29, 0.717) is 0 Å². The second kappa shape index (κ2) is 9.25. The molecule has 0 bridgehead atoms. The van der Waals surface area contributed by atoms with Gasteiger partial charge in [0.1, 0.15) is 0 Å². The Balaban J connectivity index is 1.60. The van der Waals surface area contributed by atoms with Crippen LogP contribution in [-0.4, -0.2) is 30.9 Å². The Morgan fingerprint density at radius 3 is 2.52 bits per heavy atom. The molecule has 1 saturated carbocycles. The van der Waals surface area contributed by atoms with Crippen molar-refractivity contribution in [3.05, 3.63) is 59.7 Å². The second-order valence-electron chi connectivity index (χ2n) is 8.34. The summed E-state index contributed by atoms with van der Waals surface area (Å²) < 4.78 is 38.9. The first kappa shape index (κ1) is 22.8. The van der Waals surface area contributed by atoms with Gasteiger partial charge in [0.15, 0.2) is 0 Å². The van der Waals surface area contributed by atoms with Gasteiger partial charge in [0, 0.05) is 24.2 Å². The van der Waals surface area contributed by atoms with Crippen LogP contribution in [0.15, 0.2) is 53.5 Å². The quantitative estimate of drug-likeness (QED) is 0.664. The third-order valence-corrected chi connectivity index (χ3v) is 6.08. The Hall–Kier alpha value is -3.36. The summed E-state index contributed by atoms with van der Waals surface area (Å²) in [4.78, 5) is 31.9. The number of aliphatic imine (C=N–C) groups is 1. The molecule has 0 aromatic heterocycles. The number of amides is 3. The van der Waals surface area contributed by atoms with Crippen LogP contribution >= 0.6 is 0 Å². The van der Waals surface area contributed by atoms with Crippen LogP contribution in [0.2, 0.25) is 0 Å². The number of rotatable bonds is 3. The molecule has 1 aliphatic carbocycles. The van der Waals surface area contributed by atoms with Gasteiger partial charge in [-0.2, -0.15) is 13.2 Å². The van der Waals surface area contributed by atoms with Gasteiger partial charge in [-0.25, -0.2) is 4.79 Å². The summed E-state index contributed by atoms with van der Waals surface area (Å²) in [5, 5.41) is 4.92. The lowest BCUT2D eigenvalue weighted by atomic mass is 9.83. The molecule has 2 N–H and O–H groups in total. The van der Waals surface area contributed by atoms with E-state index >= 15 is 0 Å². The number of hydrogen-bond donors (Lipinski definition) is 2. The number of anilines is 2. The molecule has 1 fully saturated rings. The van der Waals surface area contributed by atoms with Gasteiger partial charge >= 0.3 is 12.2 Å². The van der Waals surface area contributed by atoms with Crippen LogP contribution in [0.4, 0.5) is 29.3 Å². The highest BCUT2D eigenvalue weighted by atomic mass is 19.4. The largest absolute Gasteiger partial charge is 0.416 e. The van der Waals surface area contributed by atoms with Crippen LogP contribution in [-0.2, 0) is 11.0 Å². The van der Waals surface area contributed by atoms with Gasteiger partial charge in [-0.1, -0.05) is 43.5 Å². The van der Waals surface area contributed by atoms with Crippen molar-refractivity contribution >= 4 is 29.0 Å². The summed E-state index contributed by atoms with van der Waals surface area (Å²) in [6, 6.07) is 11.0. The summed E-state index contributed by atoms with van der Waals surface area (Å²) in [6.45, 7) is 0. The Labute approximate surface area is 189 Å². The standard InChI is InChI=1S/C24H25F3N4O2/c1-31-19-13-6-5-12-18(19)20(15-8-3-2-4-9-15)29-21(22(31)32)30-23(33)28-17-11-7-10-16(14-17)24(25,26)27/h5-7,10-15,21H,2-4,8-9H2,1H3,(H2,28,30,33). The maximum Gasteiger partial charge on any atom is 0.416 e. The number of fused-ring (bicyclic) bond motifs is 1. The van der Waals surface area contributed by atoms with Crippen molar-refractivity contribution in [2.24, 2.45) is 10.9 Å². The SMILES string of the molecule is CN1C(=O)C(NC(=O)Nc2cccc(C(F)(F)F)c2)N=C(C2CCCCC2)c2ccccc21. The molecule has 4 rings (SSSR count). The molecule has 1 heterocycles. The Morgan fingerprint density at radius 2 is 1.79 bits per heavy atom. The number of likely N-dealkylation sites (N-methyl/N-ethyl adjacent to an activating group) is 1. The monoisotopic (exact) mass is 458 g/mol. The lowest BCUT2D eigenvalue weighted by molar-refractivity contribution is -0.137. The summed E-state index contributed by atoms with van der Waals surface area (Å²) in [5.41, 5.74) is 1.46. The van der Waals surface area contributed by atoms with E-state index in [2.05, 4.69) is 15.6 Å². The molecule has 33 heavy (non-hydrogen) atoms. The number of hydrogen-bond acceptors (Lipinski definition) is 3. The first-order valence-corrected chi connectivity index (χ1v) is 10.9. The van der Waals surface area contributed by atoms with Crippen LogP contribution in [0.25, 0.3) is 0 Å². The molecule has 6 nitrogen and oxygen atoms in total. The van der Waals surface area contributed by atoms with Gasteiger partial charge in [0.05, 0.1) is 17.0 Å². The van der Waals surface area contributed by atoms with Crippen molar-refractivity contribution < 1.29 is 22.8 Å². The molecule has 1 unspecified atom stereocenters. The van der Waals surface area contributed by atoms with Gasteiger partial charge in [-0.05, 0) is 37.1 Å². The first-order valence-electron chi connectivity index (χ1n) is 10.9. The normalized spacial score (nSPS) is 19.4. The van der Waals surface area contributed by atoms with Gasteiger partial charge < -0.3 is 15.5 Å². The number of para-hydroxylation sites is 1. The Morgan fingerprint density at radius 1 is 1.06 bits per heavy atom. The molecule has 2 aromatic carbocycles. The lowest BCUT2D eigenvalue weighted by Gasteiger charge is -2.25. The predicted molar refractivity (Wildman–Crippen MR) is 120 cm³/mol. The highest BCUT2D eigenvalue weighted by molar-refractivity contribution is 6.14. The minimum Gasteiger partial charge on any atom is -0.311 e. The average molecular weight is 458 g/mol. The molecule has 0 spiro atoms. The van der Waals surface area contributed by atoms with Crippen molar-refractivity contribution in [3.63, 3.8) is 0 Å². The number of carbonyl (C=O) groups excluding carboxylic acids is 2.